The van der Waals surface area contributed by atoms with Gasteiger partial charge in [0.1, 0.15) is 11.6 Å². The molecule has 1 aromatic heterocycles. The summed E-state index contributed by atoms with van der Waals surface area (Å²) in [5.41, 5.74) is 0. The zero-order valence-corrected chi connectivity index (χ0v) is 11.9. The van der Waals surface area contributed by atoms with Crippen molar-refractivity contribution < 1.29 is 4.74 Å². The molecule has 5 heteroatoms. The fourth-order valence-corrected chi connectivity index (χ4v) is 3.46. The highest BCUT2D eigenvalue weighted by molar-refractivity contribution is 5.04. The van der Waals surface area contributed by atoms with E-state index in [2.05, 4.69) is 27.0 Å². The minimum atomic E-state index is 0.250. The summed E-state index contributed by atoms with van der Waals surface area (Å²) in [6, 6.07) is 0.697. The Hall–Kier alpha value is -0.940. The van der Waals surface area contributed by atoms with Crippen molar-refractivity contribution >= 4 is 0 Å². The van der Waals surface area contributed by atoms with Crippen LogP contribution in [0.2, 0.25) is 0 Å². The fraction of sp³-hybridized carbons (Fsp3) is 0.857. The van der Waals surface area contributed by atoms with E-state index < -0.39 is 0 Å². The summed E-state index contributed by atoms with van der Waals surface area (Å²) >= 11 is 0. The van der Waals surface area contributed by atoms with Crippen LogP contribution < -0.4 is 5.32 Å². The van der Waals surface area contributed by atoms with Gasteiger partial charge in [-0.2, -0.15) is 0 Å². The molecule has 106 valence electrons. The molecule has 5 nitrogen and oxygen atoms in total. The molecule has 0 radical (unpaired) electrons. The first kappa shape index (κ1) is 13.1. The van der Waals surface area contributed by atoms with Crippen molar-refractivity contribution in [3.63, 3.8) is 0 Å². The van der Waals surface area contributed by atoms with E-state index in [0.717, 1.165) is 24.6 Å². The molecule has 0 bridgehead atoms. The van der Waals surface area contributed by atoms with Crippen LogP contribution in [0.1, 0.15) is 56.7 Å². The van der Waals surface area contributed by atoms with E-state index in [0.29, 0.717) is 12.1 Å². The molecule has 1 aliphatic carbocycles. The third kappa shape index (κ3) is 2.54. The van der Waals surface area contributed by atoms with Crippen molar-refractivity contribution in [3.05, 3.63) is 11.6 Å². The Morgan fingerprint density at radius 1 is 1.26 bits per heavy atom. The van der Waals surface area contributed by atoms with E-state index in [9.17, 15) is 0 Å². The number of rotatable bonds is 4. The summed E-state index contributed by atoms with van der Waals surface area (Å²) in [4.78, 5) is 0. The van der Waals surface area contributed by atoms with Crippen molar-refractivity contribution in [3.8, 4) is 0 Å². The van der Waals surface area contributed by atoms with Gasteiger partial charge in [0.25, 0.3) is 0 Å². The summed E-state index contributed by atoms with van der Waals surface area (Å²) in [6.45, 7) is 3.26. The van der Waals surface area contributed by atoms with Crippen molar-refractivity contribution in [1.29, 1.82) is 0 Å². The van der Waals surface area contributed by atoms with Crippen molar-refractivity contribution in [2.45, 2.75) is 70.2 Å². The lowest BCUT2D eigenvalue weighted by atomic mass is 9.92. The molecular weight excluding hydrogens is 240 g/mol. The Balaban J connectivity index is 1.68. The van der Waals surface area contributed by atoms with Gasteiger partial charge in [-0.1, -0.05) is 12.8 Å². The number of fused-ring (bicyclic) bond motifs is 1. The second kappa shape index (κ2) is 5.59. The molecule has 1 aromatic rings. The van der Waals surface area contributed by atoms with Gasteiger partial charge in [0.2, 0.25) is 0 Å². The van der Waals surface area contributed by atoms with Crippen molar-refractivity contribution in [2.75, 3.05) is 7.11 Å². The zero-order valence-electron chi connectivity index (χ0n) is 11.9. The number of hydrogen-bond donors (Lipinski definition) is 1. The molecular formula is C14H24N4O. The molecule has 2 aliphatic rings. The quantitative estimate of drug-likeness (QED) is 0.901. The Morgan fingerprint density at radius 3 is 2.95 bits per heavy atom. The topological polar surface area (TPSA) is 52.0 Å². The smallest absolute Gasteiger partial charge is 0.149 e. The predicted octanol–water partition coefficient (Wildman–Crippen LogP) is 1.83. The van der Waals surface area contributed by atoms with Gasteiger partial charge in [0.05, 0.1) is 12.1 Å². The van der Waals surface area contributed by atoms with Gasteiger partial charge in [-0.15, -0.1) is 10.2 Å². The van der Waals surface area contributed by atoms with E-state index in [1.807, 2.05) is 7.11 Å². The molecule has 1 N–H and O–H groups in total. The molecule has 19 heavy (non-hydrogen) atoms. The number of ether oxygens (including phenoxy) is 1. The lowest BCUT2D eigenvalue weighted by Crippen LogP contribution is -2.44. The molecule has 0 saturated heterocycles. The third-order valence-electron chi connectivity index (χ3n) is 4.49. The Labute approximate surface area is 114 Å². The van der Waals surface area contributed by atoms with Gasteiger partial charge in [-0.3, -0.25) is 0 Å². The molecule has 0 amide bonds. The first-order chi connectivity index (χ1) is 9.29. The minimum Gasteiger partial charge on any atom is -0.380 e. The second-order valence-electron chi connectivity index (χ2n) is 5.78. The van der Waals surface area contributed by atoms with Crippen LogP contribution in [0, 0.1) is 0 Å². The third-order valence-corrected chi connectivity index (χ3v) is 4.49. The van der Waals surface area contributed by atoms with Crippen LogP contribution >= 0.6 is 0 Å². The molecule has 3 rings (SSSR count). The Kier molecular flexibility index (Phi) is 3.84. The Bertz CT molecular complexity index is 431. The Morgan fingerprint density at radius 2 is 2.11 bits per heavy atom. The second-order valence-corrected chi connectivity index (χ2v) is 5.78. The van der Waals surface area contributed by atoms with E-state index in [1.54, 1.807) is 0 Å². The predicted molar refractivity (Wildman–Crippen MR) is 72.9 cm³/mol. The van der Waals surface area contributed by atoms with Gasteiger partial charge in [-0.05, 0) is 26.2 Å². The monoisotopic (exact) mass is 264 g/mol. The van der Waals surface area contributed by atoms with Crippen LogP contribution in [-0.4, -0.2) is 34.0 Å². The maximum Gasteiger partial charge on any atom is 0.149 e. The van der Waals surface area contributed by atoms with Gasteiger partial charge >= 0.3 is 0 Å². The summed E-state index contributed by atoms with van der Waals surface area (Å²) in [5.74, 6) is 2.24. The lowest BCUT2D eigenvalue weighted by Gasteiger charge is -2.33. The summed E-state index contributed by atoms with van der Waals surface area (Å²) < 4.78 is 7.89. The van der Waals surface area contributed by atoms with E-state index >= 15 is 0 Å². The molecule has 3 unspecified atom stereocenters. The average Bonchev–Trinajstić information content (AvgIpc) is 3.01. The van der Waals surface area contributed by atoms with Gasteiger partial charge in [0.15, 0.2) is 0 Å². The number of methoxy groups -OCH3 is 1. The first-order valence-electron chi connectivity index (χ1n) is 7.50. The number of hydrogen-bond acceptors (Lipinski definition) is 4. The maximum absolute atomic E-state index is 5.61. The maximum atomic E-state index is 5.61. The fourth-order valence-electron chi connectivity index (χ4n) is 3.46. The molecule has 2 heterocycles. The van der Waals surface area contributed by atoms with Gasteiger partial charge in [0, 0.05) is 26.1 Å². The largest absolute Gasteiger partial charge is 0.380 e. The summed E-state index contributed by atoms with van der Waals surface area (Å²) in [7, 11) is 1.82. The molecule has 0 spiro atoms. The van der Waals surface area contributed by atoms with Crippen LogP contribution in [0.5, 0.6) is 0 Å². The molecule has 0 aromatic carbocycles. The van der Waals surface area contributed by atoms with Crippen LogP contribution in [0.4, 0.5) is 0 Å². The van der Waals surface area contributed by atoms with Crippen LogP contribution in [0.25, 0.3) is 0 Å². The first-order valence-corrected chi connectivity index (χ1v) is 7.50. The number of aryl methyl sites for hydroxylation is 1. The number of nitrogens with zero attached hydrogens (tertiary/aromatic N) is 3. The van der Waals surface area contributed by atoms with E-state index in [1.165, 1.54) is 32.1 Å². The summed E-state index contributed by atoms with van der Waals surface area (Å²) in [5, 5.41) is 12.4. The number of nitrogens with one attached hydrogen (secondary N) is 1. The van der Waals surface area contributed by atoms with Crippen molar-refractivity contribution in [1.82, 2.24) is 20.1 Å². The van der Waals surface area contributed by atoms with E-state index in [4.69, 9.17) is 4.74 Å². The zero-order chi connectivity index (χ0) is 13.2. The van der Waals surface area contributed by atoms with Gasteiger partial charge in [-0.25, -0.2) is 0 Å². The van der Waals surface area contributed by atoms with Crippen molar-refractivity contribution in [2.24, 2.45) is 0 Å². The highest BCUT2D eigenvalue weighted by Crippen LogP contribution is 2.24. The highest BCUT2D eigenvalue weighted by atomic mass is 16.5. The van der Waals surface area contributed by atoms with Crippen LogP contribution in [0.15, 0.2) is 0 Å². The van der Waals surface area contributed by atoms with Crippen LogP contribution in [-0.2, 0) is 17.7 Å². The minimum absolute atomic E-state index is 0.250. The number of aromatic nitrogens is 3. The van der Waals surface area contributed by atoms with E-state index in [-0.39, 0.29) is 6.04 Å². The molecule has 1 aliphatic heterocycles. The summed E-state index contributed by atoms with van der Waals surface area (Å²) in [6.07, 6.45) is 7.56. The molecule has 1 saturated carbocycles. The SMILES string of the molecule is COC1CCCCC1NC(C)c1nnc2n1CCC2. The lowest BCUT2D eigenvalue weighted by molar-refractivity contribution is 0.0379. The average molecular weight is 264 g/mol. The van der Waals surface area contributed by atoms with Crippen LogP contribution in [0.3, 0.4) is 0 Å². The highest BCUT2D eigenvalue weighted by Gasteiger charge is 2.28. The standard InChI is InChI=1S/C14H24N4O/c1-10(14-17-16-13-8-5-9-18(13)14)15-11-6-3-4-7-12(11)19-2/h10-12,15H,3-9H2,1-2H3. The molecule has 3 atom stereocenters. The van der Waals surface area contributed by atoms with Gasteiger partial charge < -0.3 is 14.6 Å². The molecule has 1 fully saturated rings. The normalized spacial score (nSPS) is 28.3.